The molecule has 0 saturated heterocycles. The summed E-state index contributed by atoms with van der Waals surface area (Å²) >= 11 is 0. The van der Waals surface area contributed by atoms with Crippen molar-refractivity contribution in [2.24, 2.45) is 11.7 Å². The zero-order valence-corrected chi connectivity index (χ0v) is 11.5. The molecular weight excluding hydrogens is 229 g/mol. The predicted octanol–water partition coefficient (Wildman–Crippen LogP) is 2.59. The third-order valence-corrected chi connectivity index (χ3v) is 3.44. The zero-order chi connectivity index (χ0) is 13.9. The van der Waals surface area contributed by atoms with Crippen molar-refractivity contribution in [1.29, 1.82) is 5.41 Å². The van der Waals surface area contributed by atoms with Gasteiger partial charge < -0.3 is 5.73 Å². The largest absolute Gasteiger partial charge is 0.384 e. The molecule has 0 saturated carbocycles. The van der Waals surface area contributed by atoms with Crippen LogP contribution in [0.1, 0.15) is 31.9 Å². The van der Waals surface area contributed by atoms with E-state index in [0.717, 1.165) is 5.56 Å². The molecule has 18 heavy (non-hydrogen) atoms. The molecule has 1 rings (SSSR count). The molecule has 3 N–H and O–H groups in total. The highest BCUT2D eigenvalue weighted by Gasteiger charge is 2.15. The van der Waals surface area contributed by atoms with E-state index < -0.39 is 0 Å². The summed E-state index contributed by atoms with van der Waals surface area (Å²) in [4.78, 5) is 2.18. The molecular formula is C14H22FN3. The lowest BCUT2D eigenvalue weighted by Gasteiger charge is -2.28. The molecule has 0 aliphatic carbocycles. The van der Waals surface area contributed by atoms with Crippen molar-refractivity contribution in [2.75, 3.05) is 7.05 Å². The molecule has 0 aliphatic heterocycles. The third kappa shape index (κ3) is 3.53. The third-order valence-electron chi connectivity index (χ3n) is 3.44. The highest BCUT2D eigenvalue weighted by molar-refractivity contribution is 5.96. The van der Waals surface area contributed by atoms with E-state index in [1.807, 2.05) is 7.05 Å². The Morgan fingerprint density at radius 1 is 1.39 bits per heavy atom. The second kappa shape index (κ2) is 5.96. The highest BCUT2D eigenvalue weighted by Crippen LogP contribution is 2.16. The van der Waals surface area contributed by atoms with Crippen molar-refractivity contribution in [1.82, 2.24) is 4.90 Å². The van der Waals surface area contributed by atoms with Gasteiger partial charge in [0.25, 0.3) is 0 Å². The van der Waals surface area contributed by atoms with E-state index in [4.69, 9.17) is 11.1 Å². The van der Waals surface area contributed by atoms with E-state index >= 15 is 0 Å². The Morgan fingerprint density at radius 3 is 2.50 bits per heavy atom. The van der Waals surface area contributed by atoms with Crippen LogP contribution in [0.15, 0.2) is 18.2 Å². The van der Waals surface area contributed by atoms with Crippen LogP contribution < -0.4 is 5.73 Å². The van der Waals surface area contributed by atoms with Gasteiger partial charge in [0.15, 0.2) is 0 Å². The molecule has 0 radical (unpaired) electrons. The first-order chi connectivity index (χ1) is 8.32. The number of halogens is 1. The summed E-state index contributed by atoms with van der Waals surface area (Å²) in [6.07, 6.45) is 0. The van der Waals surface area contributed by atoms with Crippen LogP contribution in [0.25, 0.3) is 0 Å². The molecule has 0 aliphatic rings. The van der Waals surface area contributed by atoms with E-state index in [2.05, 4.69) is 25.7 Å². The van der Waals surface area contributed by atoms with Crippen LogP contribution in [0.2, 0.25) is 0 Å². The molecule has 4 heteroatoms. The first kappa shape index (κ1) is 14.6. The summed E-state index contributed by atoms with van der Waals surface area (Å²) in [6, 6.07) is 4.85. The van der Waals surface area contributed by atoms with E-state index in [1.165, 1.54) is 12.1 Å². The number of nitrogens with two attached hydrogens (primary N) is 1. The highest BCUT2D eigenvalue weighted by atomic mass is 19.1. The fraction of sp³-hybridized carbons (Fsp3) is 0.500. The SMILES string of the molecule is CC(C)C(C)N(C)Cc1ccc(F)cc1C(=N)N. The van der Waals surface area contributed by atoms with Crippen LogP contribution in [0.5, 0.6) is 0 Å². The molecule has 0 fully saturated rings. The van der Waals surface area contributed by atoms with Gasteiger partial charge in [-0.3, -0.25) is 10.3 Å². The Kier molecular flexibility index (Phi) is 4.84. The normalized spacial score (nSPS) is 13.1. The van der Waals surface area contributed by atoms with E-state index in [0.29, 0.717) is 24.1 Å². The molecule has 0 spiro atoms. The Morgan fingerprint density at radius 2 is 2.00 bits per heavy atom. The second-order valence-electron chi connectivity index (χ2n) is 5.11. The standard InChI is InChI=1S/C14H22FN3/c1-9(2)10(3)18(4)8-11-5-6-12(15)7-13(11)14(16)17/h5-7,9-10H,8H2,1-4H3,(H3,16,17). The summed E-state index contributed by atoms with van der Waals surface area (Å²) in [7, 11) is 2.03. The van der Waals surface area contributed by atoms with Gasteiger partial charge >= 0.3 is 0 Å². The summed E-state index contributed by atoms with van der Waals surface area (Å²) < 4.78 is 13.2. The van der Waals surface area contributed by atoms with Crippen LogP contribution in [0.3, 0.4) is 0 Å². The van der Waals surface area contributed by atoms with Crippen LogP contribution in [0, 0.1) is 17.1 Å². The number of nitrogen functional groups attached to an aromatic ring is 1. The average molecular weight is 251 g/mol. The Labute approximate surface area is 108 Å². The minimum Gasteiger partial charge on any atom is -0.384 e. The first-order valence-electron chi connectivity index (χ1n) is 6.16. The van der Waals surface area contributed by atoms with Crippen molar-refractivity contribution in [2.45, 2.75) is 33.4 Å². The van der Waals surface area contributed by atoms with Crippen molar-refractivity contribution in [3.05, 3.63) is 35.1 Å². The van der Waals surface area contributed by atoms with Crippen molar-refractivity contribution in [3.8, 4) is 0 Å². The fourth-order valence-electron chi connectivity index (χ4n) is 1.86. The summed E-state index contributed by atoms with van der Waals surface area (Å²) in [5.41, 5.74) is 6.87. The van der Waals surface area contributed by atoms with Gasteiger partial charge in [-0.2, -0.15) is 0 Å². The smallest absolute Gasteiger partial charge is 0.123 e. The monoisotopic (exact) mass is 251 g/mol. The molecule has 3 nitrogen and oxygen atoms in total. The Bertz CT molecular complexity index is 429. The number of nitrogens with one attached hydrogen (secondary N) is 1. The molecule has 0 amide bonds. The van der Waals surface area contributed by atoms with Crippen LogP contribution in [-0.2, 0) is 6.54 Å². The van der Waals surface area contributed by atoms with Crippen LogP contribution in [0.4, 0.5) is 4.39 Å². The molecule has 1 unspecified atom stereocenters. The van der Waals surface area contributed by atoms with E-state index in [1.54, 1.807) is 6.07 Å². The van der Waals surface area contributed by atoms with Gasteiger partial charge in [-0.05, 0) is 37.6 Å². The van der Waals surface area contributed by atoms with Gasteiger partial charge in [-0.25, -0.2) is 4.39 Å². The maximum Gasteiger partial charge on any atom is 0.123 e. The molecule has 1 aromatic rings. The number of hydrogen-bond acceptors (Lipinski definition) is 2. The first-order valence-corrected chi connectivity index (χ1v) is 6.16. The predicted molar refractivity (Wildman–Crippen MR) is 73.2 cm³/mol. The Balaban J connectivity index is 2.94. The van der Waals surface area contributed by atoms with Gasteiger partial charge in [0, 0.05) is 18.2 Å². The fourth-order valence-corrected chi connectivity index (χ4v) is 1.86. The summed E-state index contributed by atoms with van der Waals surface area (Å²) in [5, 5.41) is 7.50. The van der Waals surface area contributed by atoms with Crippen LogP contribution >= 0.6 is 0 Å². The number of nitrogens with zero attached hydrogens (tertiary/aromatic N) is 1. The number of hydrogen-bond donors (Lipinski definition) is 2. The second-order valence-corrected chi connectivity index (χ2v) is 5.11. The van der Waals surface area contributed by atoms with Gasteiger partial charge in [0.1, 0.15) is 11.7 Å². The molecule has 1 aromatic carbocycles. The lowest BCUT2D eigenvalue weighted by Crippen LogP contribution is -2.33. The van der Waals surface area contributed by atoms with Crippen LogP contribution in [-0.4, -0.2) is 23.8 Å². The Hall–Kier alpha value is -1.42. The quantitative estimate of drug-likeness (QED) is 0.624. The molecule has 0 aromatic heterocycles. The van der Waals surface area contributed by atoms with E-state index in [9.17, 15) is 4.39 Å². The topological polar surface area (TPSA) is 53.1 Å². The number of amidine groups is 1. The van der Waals surface area contributed by atoms with Crippen molar-refractivity contribution < 1.29 is 4.39 Å². The molecule has 0 bridgehead atoms. The summed E-state index contributed by atoms with van der Waals surface area (Å²) in [6.45, 7) is 7.14. The van der Waals surface area contributed by atoms with Gasteiger partial charge in [-0.1, -0.05) is 19.9 Å². The summed E-state index contributed by atoms with van der Waals surface area (Å²) in [5.74, 6) is 0.0924. The van der Waals surface area contributed by atoms with E-state index in [-0.39, 0.29) is 11.7 Å². The minimum absolute atomic E-state index is 0.0879. The zero-order valence-electron chi connectivity index (χ0n) is 11.5. The number of rotatable bonds is 5. The molecule has 0 heterocycles. The van der Waals surface area contributed by atoms with Gasteiger partial charge in [0.2, 0.25) is 0 Å². The maximum absolute atomic E-state index is 13.2. The maximum atomic E-state index is 13.2. The molecule has 1 atom stereocenters. The molecule has 100 valence electrons. The lowest BCUT2D eigenvalue weighted by molar-refractivity contribution is 0.200. The minimum atomic E-state index is -0.358. The lowest BCUT2D eigenvalue weighted by atomic mass is 10.0. The van der Waals surface area contributed by atoms with Crippen molar-refractivity contribution in [3.63, 3.8) is 0 Å². The van der Waals surface area contributed by atoms with Gasteiger partial charge in [-0.15, -0.1) is 0 Å². The number of benzene rings is 1. The average Bonchev–Trinajstić information content (AvgIpc) is 2.29. The van der Waals surface area contributed by atoms with Crippen molar-refractivity contribution >= 4 is 5.84 Å². The van der Waals surface area contributed by atoms with Gasteiger partial charge in [0.05, 0.1) is 0 Å².